The van der Waals surface area contributed by atoms with Crippen LogP contribution in [0, 0.1) is 13.8 Å². The van der Waals surface area contributed by atoms with Crippen LogP contribution in [0.2, 0.25) is 0 Å². The zero-order valence-electron chi connectivity index (χ0n) is 13.3. The summed E-state index contributed by atoms with van der Waals surface area (Å²) in [4.78, 5) is 11.5. The maximum Gasteiger partial charge on any atom is 0.325 e. The number of aryl methyl sites for hydroxylation is 2. The van der Waals surface area contributed by atoms with E-state index in [0.717, 1.165) is 31.5 Å². The molecule has 5 nitrogen and oxygen atoms in total. The molecule has 1 heterocycles. The molecular formula is C15H27N3O2. The Hall–Kier alpha value is -1.36. The molecule has 0 saturated carbocycles. The number of nitrogens with two attached hydrogens (primary N) is 1. The van der Waals surface area contributed by atoms with Gasteiger partial charge in [-0.3, -0.25) is 9.48 Å². The number of nitrogens with zero attached hydrogens (tertiary/aromatic N) is 2. The Morgan fingerprint density at radius 3 is 2.55 bits per heavy atom. The maximum absolute atomic E-state index is 11.5. The number of hydrogen-bond acceptors (Lipinski definition) is 4. The van der Waals surface area contributed by atoms with Crippen LogP contribution in [-0.2, 0) is 22.5 Å². The van der Waals surface area contributed by atoms with Crippen LogP contribution in [0.3, 0.4) is 0 Å². The second kappa shape index (κ2) is 6.88. The molecule has 0 spiro atoms. The van der Waals surface area contributed by atoms with E-state index in [1.807, 2.05) is 0 Å². The zero-order valence-corrected chi connectivity index (χ0v) is 13.3. The minimum atomic E-state index is -0.890. The molecule has 1 aromatic rings. The lowest BCUT2D eigenvalue weighted by Crippen LogP contribution is -2.45. The third-order valence-corrected chi connectivity index (χ3v) is 3.85. The largest absolute Gasteiger partial charge is 0.468 e. The third kappa shape index (κ3) is 3.82. The third-order valence-electron chi connectivity index (χ3n) is 3.85. The first-order valence-electron chi connectivity index (χ1n) is 7.23. The van der Waals surface area contributed by atoms with Crippen molar-refractivity contribution < 1.29 is 9.53 Å². The molecule has 0 saturated heterocycles. The van der Waals surface area contributed by atoms with Crippen LogP contribution in [0.5, 0.6) is 0 Å². The van der Waals surface area contributed by atoms with Crippen molar-refractivity contribution >= 4 is 5.97 Å². The summed E-state index contributed by atoms with van der Waals surface area (Å²) < 4.78 is 6.76. The van der Waals surface area contributed by atoms with E-state index < -0.39 is 5.54 Å². The molecule has 1 rings (SSSR count). The Bertz CT molecular complexity index is 464. The summed E-state index contributed by atoms with van der Waals surface area (Å²) in [6.07, 6.45) is 3.47. The number of carbonyl (C=O) groups excluding carboxylic acids is 1. The summed E-state index contributed by atoms with van der Waals surface area (Å²) in [6.45, 7) is 8.90. The van der Waals surface area contributed by atoms with Gasteiger partial charge in [0.2, 0.25) is 0 Å². The molecule has 0 radical (unpaired) electrons. The van der Waals surface area contributed by atoms with Gasteiger partial charge in [-0.25, -0.2) is 0 Å². The molecule has 0 aliphatic carbocycles. The topological polar surface area (TPSA) is 70.1 Å². The lowest BCUT2D eigenvalue weighted by molar-refractivity contribution is -0.146. The van der Waals surface area contributed by atoms with E-state index in [2.05, 4.69) is 30.6 Å². The van der Waals surface area contributed by atoms with E-state index in [1.54, 1.807) is 6.92 Å². The predicted octanol–water partition coefficient (Wildman–Crippen LogP) is 2.12. The second-order valence-electron chi connectivity index (χ2n) is 5.59. The van der Waals surface area contributed by atoms with E-state index in [-0.39, 0.29) is 5.97 Å². The molecule has 114 valence electrons. The smallest absolute Gasteiger partial charge is 0.325 e. The minimum Gasteiger partial charge on any atom is -0.468 e. The van der Waals surface area contributed by atoms with Crippen molar-refractivity contribution in [2.24, 2.45) is 5.73 Å². The standard InChI is InChI=1S/C15H27N3O2/c1-6-13-11(2)17-18(12(13)3)10-8-7-9-15(4,16)14(19)20-5/h6-10,16H2,1-5H3. The number of unbranched alkanes of at least 4 members (excludes halogenated alkanes) is 1. The maximum atomic E-state index is 11.5. The molecule has 0 fully saturated rings. The molecule has 1 atom stereocenters. The summed E-state index contributed by atoms with van der Waals surface area (Å²) in [5.41, 5.74) is 8.74. The zero-order chi connectivity index (χ0) is 15.3. The fourth-order valence-electron chi connectivity index (χ4n) is 2.55. The van der Waals surface area contributed by atoms with Crippen LogP contribution in [-0.4, -0.2) is 28.4 Å². The van der Waals surface area contributed by atoms with Gasteiger partial charge in [-0.2, -0.15) is 5.10 Å². The van der Waals surface area contributed by atoms with Crippen LogP contribution in [0.25, 0.3) is 0 Å². The van der Waals surface area contributed by atoms with Crippen molar-refractivity contribution in [2.75, 3.05) is 7.11 Å². The molecule has 0 amide bonds. The summed E-state index contributed by atoms with van der Waals surface area (Å²) in [5.74, 6) is -0.350. The number of aromatic nitrogens is 2. The SMILES string of the molecule is CCc1c(C)nn(CCCCC(C)(N)C(=O)OC)c1C. The normalized spacial score (nSPS) is 14.1. The van der Waals surface area contributed by atoms with Gasteiger partial charge >= 0.3 is 5.97 Å². The first-order chi connectivity index (χ1) is 9.33. The van der Waals surface area contributed by atoms with Gasteiger partial charge in [0.15, 0.2) is 0 Å². The summed E-state index contributed by atoms with van der Waals surface area (Å²) in [6, 6.07) is 0. The number of hydrogen-bond donors (Lipinski definition) is 1. The first-order valence-corrected chi connectivity index (χ1v) is 7.23. The van der Waals surface area contributed by atoms with Gasteiger partial charge in [0.1, 0.15) is 5.54 Å². The highest BCUT2D eigenvalue weighted by molar-refractivity contribution is 5.79. The quantitative estimate of drug-likeness (QED) is 0.614. The summed E-state index contributed by atoms with van der Waals surface area (Å²) in [7, 11) is 1.37. The number of ether oxygens (including phenoxy) is 1. The van der Waals surface area contributed by atoms with Crippen LogP contribution >= 0.6 is 0 Å². The van der Waals surface area contributed by atoms with Gasteiger partial charge in [0, 0.05) is 12.2 Å². The molecule has 5 heteroatoms. The van der Waals surface area contributed by atoms with E-state index in [1.165, 1.54) is 18.4 Å². The molecule has 0 bridgehead atoms. The number of rotatable bonds is 7. The van der Waals surface area contributed by atoms with Crippen molar-refractivity contribution in [1.29, 1.82) is 0 Å². The lowest BCUT2D eigenvalue weighted by atomic mass is 9.96. The molecule has 1 unspecified atom stereocenters. The van der Waals surface area contributed by atoms with Crippen molar-refractivity contribution in [3.63, 3.8) is 0 Å². The highest BCUT2D eigenvalue weighted by atomic mass is 16.5. The molecular weight excluding hydrogens is 254 g/mol. The van der Waals surface area contributed by atoms with Gasteiger partial charge in [-0.05, 0) is 52.0 Å². The van der Waals surface area contributed by atoms with Crippen LogP contribution < -0.4 is 5.73 Å². The predicted molar refractivity (Wildman–Crippen MR) is 79.5 cm³/mol. The second-order valence-corrected chi connectivity index (χ2v) is 5.59. The molecule has 2 N–H and O–H groups in total. The Morgan fingerprint density at radius 2 is 2.05 bits per heavy atom. The lowest BCUT2D eigenvalue weighted by Gasteiger charge is -2.21. The Labute approximate surface area is 121 Å². The number of carbonyl (C=O) groups is 1. The average Bonchev–Trinajstić information content (AvgIpc) is 2.68. The molecule has 0 aromatic carbocycles. The van der Waals surface area contributed by atoms with Gasteiger partial charge in [-0.15, -0.1) is 0 Å². The first kappa shape index (κ1) is 16.7. The van der Waals surface area contributed by atoms with E-state index in [0.29, 0.717) is 6.42 Å². The Kier molecular flexibility index (Phi) is 5.74. The van der Waals surface area contributed by atoms with Crippen LogP contribution in [0.4, 0.5) is 0 Å². The monoisotopic (exact) mass is 281 g/mol. The fraction of sp³-hybridized carbons (Fsp3) is 0.733. The van der Waals surface area contributed by atoms with E-state index in [4.69, 9.17) is 10.5 Å². The van der Waals surface area contributed by atoms with Gasteiger partial charge in [0.25, 0.3) is 0 Å². The Morgan fingerprint density at radius 1 is 1.40 bits per heavy atom. The highest BCUT2D eigenvalue weighted by Crippen LogP contribution is 2.16. The molecule has 20 heavy (non-hydrogen) atoms. The summed E-state index contributed by atoms with van der Waals surface area (Å²) >= 11 is 0. The van der Waals surface area contributed by atoms with Crippen LogP contribution in [0.1, 0.15) is 50.1 Å². The van der Waals surface area contributed by atoms with E-state index in [9.17, 15) is 4.79 Å². The van der Waals surface area contributed by atoms with Crippen molar-refractivity contribution in [2.45, 2.75) is 65.5 Å². The van der Waals surface area contributed by atoms with Crippen LogP contribution in [0.15, 0.2) is 0 Å². The molecule has 0 aliphatic rings. The van der Waals surface area contributed by atoms with Gasteiger partial charge < -0.3 is 10.5 Å². The van der Waals surface area contributed by atoms with Crippen molar-refractivity contribution in [1.82, 2.24) is 9.78 Å². The van der Waals surface area contributed by atoms with E-state index >= 15 is 0 Å². The molecule has 0 aliphatic heterocycles. The van der Waals surface area contributed by atoms with Crippen molar-refractivity contribution in [3.8, 4) is 0 Å². The van der Waals surface area contributed by atoms with Gasteiger partial charge in [-0.1, -0.05) is 6.92 Å². The minimum absolute atomic E-state index is 0.350. The number of methoxy groups -OCH3 is 1. The Balaban J connectivity index is 2.48. The average molecular weight is 281 g/mol. The van der Waals surface area contributed by atoms with Gasteiger partial charge in [0.05, 0.1) is 12.8 Å². The number of esters is 1. The molecule has 1 aromatic heterocycles. The summed E-state index contributed by atoms with van der Waals surface area (Å²) in [5, 5.41) is 4.56. The van der Waals surface area contributed by atoms with Crippen molar-refractivity contribution in [3.05, 3.63) is 17.0 Å². The fourth-order valence-corrected chi connectivity index (χ4v) is 2.55. The highest BCUT2D eigenvalue weighted by Gasteiger charge is 2.28.